The lowest BCUT2D eigenvalue weighted by atomic mass is 10.1. The van der Waals surface area contributed by atoms with Gasteiger partial charge in [0.25, 0.3) is 0 Å². The van der Waals surface area contributed by atoms with E-state index >= 15 is 0 Å². The third-order valence-electron chi connectivity index (χ3n) is 4.07. The quantitative estimate of drug-likeness (QED) is 0.908. The van der Waals surface area contributed by atoms with Crippen LogP contribution in [0.2, 0.25) is 0 Å². The van der Waals surface area contributed by atoms with Crippen LogP contribution in [-0.4, -0.2) is 49.4 Å². The van der Waals surface area contributed by atoms with Crippen molar-refractivity contribution in [2.24, 2.45) is 0 Å². The summed E-state index contributed by atoms with van der Waals surface area (Å²) in [7, 11) is 0. The molecule has 2 fully saturated rings. The van der Waals surface area contributed by atoms with Crippen LogP contribution >= 0.6 is 0 Å². The van der Waals surface area contributed by atoms with E-state index in [4.69, 9.17) is 9.47 Å². The number of hydrogen-bond donors (Lipinski definition) is 1. The molecule has 2 heterocycles. The number of nitrogens with one attached hydrogen (secondary N) is 1. The Bertz CT molecular complexity index is 474. The summed E-state index contributed by atoms with van der Waals surface area (Å²) < 4.78 is 11.1. The van der Waals surface area contributed by atoms with Crippen LogP contribution in [0.5, 0.6) is 0 Å². The Morgan fingerprint density at radius 1 is 1.29 bits per heavy atom. The van der Waals surface area contributed by atoms with E-state index in [2.05, 4.69) is 12.2 Å². The predicted molar refractivity (Wildman–Crippen MR) is 78.7 cm³/mol. The van der Waals surface area contributed by atoms with Crippen molar-refractivity contribution in [3.63, 3.8) is 0 Å². The van der Waals surface area contributed by atoms with Gasteiger partial charge in [-0.2, -0.15) is 0 Å². The topological polar surface area (TPSA) is 50.8 Å². The lowest BCUT2D eigenvalue weighted by Crippen LogP contribution is -2.45. The molecule has 0 aromatic heterocycles. The lowest BCUT2D eigenvalue weighted by molar-refractivity contribution is -0.137. The van der Waals surface area contributed by atoms with Gasteiger partial charge in [-0.25, -0.2) is 0 Å². The second-order valence-corrected chi connectivity index (χ2v) is 5.49. The van der Waals surface area contributed by atoms with Crippen molar-refractivity contribution in [1.82, 2.24) is 10.2 Å². The van der Waals surface area contributed by atoms with Gasteiger partial charge < -0.3 is 14.4 Å². The number of hydrogen-bond acceptors (Lipinski definition) is 4. The maximum Gasteiger partial charge on any atom is 0.245 e. The van der Waals surface area contributed by atoms with Crippen LogP contribution in [0.4, 0.5) is 0 Å². The Morgan fingerprint density at radius 3 is 2.76 bits per heavy atom. The van der Waals surface area contributed by atoms with Crippen molar-refractivity contribution in [2.75, 3.05) is 26.4 Å². The number of carbonyl (C=O) groups is 1. The zero-order chi connectivity index (χ0) is 14.7. The largest absolute Gasteiger partial charge is 0.376 e. The van der Waals surface area contributed by atoms with Crippen LogP contribution in [0, 0.1) is 0 Å². The van der Waals surface area contributed by atoms with Crippen molar-refractivity contribution < 1.29 is 14.3 Å². The van der Waals surface area contributed by atoms with Crippen LogP contribution in [0.15, 0.2) is 30.3 Å². The van der Waals surface area contributed by atoms with Gasteiger partial charge in [0.2, 0.25) is 5.91 Å². The molecular weight excluding hydrogens is 268 g/mol. The predicted octanol–water partition coefficient (Wildman–Crippen LogP) is 1.31. The zero-order valence-corrected chi connectivity index (χ0v) is 12.3. The Kier molecular flexibility index (Phi) is 4.53. The minimum absolute atomic E-state index is 0.0203. The average Bonchev–Trinajstić information content (AvgIpc) is 2.86. The van der Waals surface area contributed by atoms with Gasteiger partial charge in [0.05, 0.1) is 38.6 Å². The first-order chi connectivity index (χ1) is 10.3. The molecule has 1 amide bonds. The van der Waals surface area contributed by atoms with E-state index in [0.717, 1.165) is 12.0 Å². The van der Waals surface area contributed by atoms with Gasteiger partial charge in [-0.3, -0.25) is 10.1 Å². The Labute approximate surface area is 125 Å². The summed E-state index contributed by atoms with van der Waals surface area (Å²) in [6, 6.07) is 9.63. The molecule has 0 aliphatic carbocycles. The molecule has 5 nitrogen and oxygen atoms in total. The molecule has 0 spiro atoms. The minimum Gasteiger partial charge on any atom is -0.376 e. The van der Waals surface area contributed by atoms with E-state index in [0.29, 0.717) is 26.4 Å². The van der Waals surface area contributed by atoms with Crippen molar-refractivity contribution >= 4 is 5.91 Å². The second kappa shape index (κ2) is 6.56. The van der Waals surface area contributed by atoms with Gasteiger partial charge in [-0.05, 0) is 12.0 Å². The first-order valence-corrected chi connectivity index (χ1v) is 7.60. The first-order valence-electron chi connectivity index (χ1n) is 7.60. The first kappa shape index (κ1) is 14.5. The average molecular weight is 290 g/mol. The molecule has 2 aliphatic heterocycles. The number of rotatable bonds is 4. The highest BCUT2D eigenvalue weighted by atomic mass is 16.6. The smallest absolute Gasteiger partial charge is 0.245 e. The van der Waals surface area contributed by atoms with Crippen LogP contribution < -0.4 is 5.32 Å². The molecule has 0 radical (unpaired) electrons. The van der Waals surface area contributed by atoms with E-state index in [9.17, 15) is 4.79 Å². The fourth-order valence-corrected chi connectivity index (χ4v) is 2.97. The van der Waals surface area contributed by atoms with E-state index in [-0.39, 0.29) is 24.2 Å². The molecule has 3 unspecified atom stereocenters. The van der Waals surface area contributed by atoms with E-state index in [1.165, 1.54) is 0 Å². The Morgan fingerprint density at radius 2 is 2.10 bits per heavy atom. The molecule has 1 aromatic rings. The van der Waals surface area contributed by atoms with Crippen LogP contribution in [0.25, 0.3) is 0 Å². The molecule has 3 rings (SSSR count). The van der Waals surface area contributed by atoms with E-state index < -0.39 is 0 Å². The number of carbonyl (C=O) groups excluding carboxylic acids is 1. The van der Waals surface area contributed by atoms with E-state index in [1.54, 1.807) is 0 Å². The molecule has 1 N–H and O–H groups in total. The number of nitrogens with zero attached hydrogens (tertiary/aromatic N) is 1. The molecule has 0 bridgehead atoms. The summed E-state index contributed by atoms with van der Waals surface area (Å²) in [5.74, 6) is 0.127. The van der Waals surface area contributed by atoms with Gasteiger partial charge in [0, 0.05) is 0 Å². The maximum atomic E-state index is 12.7. The van der Waals surface area contributed by atoms with Gasteiger partial charge in [-0.15, -0.1) is 0 Å². The summed E-state index contributed by atoms with van der Waals surface area (Å²) in [6.45, 7) is 4.50. The van der Waals surface area contributed by atoms with Gasteiger partial charge in [-0.1, -0.05) is 37.3 Å². The number of ether oxygens (including phenoxy) is 2. The summed E-state index contributed by atoms with van der Waals surface area (Å²) in [5.41, 5.74) is 1.02. The van der Waals surface area contributed by atoms with Crippen LogP contribution in [0.3, 0.4) is 0 Å². The molecule has 2 saturated heterocycles. The molecular formula is C16H22N2O3. The molecule has 0 saturated carbocycles. The molecule has 5 heteroatoms. The highest BCUT2D eigenvalue weighted by molar-refractivity contribution is 5.85. The van der Waals surface area contributed by atoms with Crippen molar-refractivity contribution in [3.8, 4) is 0 Å². The third-order valence-corrected chi connectivity index (χ3v) is 4.07. The highest BCUT2D eigenvalue weighted by Crippen LogP contribution is 2.26. The summed E-state index contributed by atoms with van der Waals surface area (Å²) >= 11 is 0. The van der Waals surface area contributed by atoms with Gasteiger partial charge in [0.15, 0.2) is 0 Å². The second-order valence-electron chi connectivity index (χ2n) is 5.49. The van der Waals surface area contributed by atoms with Gasteiger partial charge in [0.1, 0.15) is 6.04 Å². The fraction of sp³-hybridized carbons (Fsp3) is 0.562. The molecule has 21 heavy (non-hydrogen) atoms. The normalized spacial score (nSPS) is 29.9. The van der Waals surface area contributed by atoms with E-state index in [1.807, 2.05) is 35.2 Å². The molecule has 3 atom stereocenters. The van der Waals surface area contributed by atoms with Crippen LogP contribution in [0.1, 0.15) is 24.9 Å². The molecule has 2 aliphatic rings. The zero-order valence-electron chi connectivity index (χ0n) is 12.3. The third kappa shape index (κ3) is 3.10. The summed E-state index contributed by atoms with van der Waals surface area (Å²) in [4.78, 5) is 14.6. The number of amides is 1. The SMILES string of the molecule is CCC1NC(c2ccccc2)C(=O)N1CC1COCCO1. The highest BCUT2D eigenvalue weighted by Gasteiger charge is 2.39. The minimum atomic E-state index is -0.249. The standard InChI is InChI=1S/C16H22N2O3/c1-2-14-17-15(12-6-4-3-5-7-12)16(19)18(14)10-13-11-20-8-9-21-13/h3-7,13-15,17H,2,8-11H2,1H3. The molecule has 1 aromatic carbocycles. The van der Waals surface area contributed by atoms with Crippen molar-refractivity contribution in [2.45, 2.75) is 31.7 Å². The van der Waals surface area contributed by atoms with Gasteiger partial charge >= 0.3 is 0 Å². The van der Waals surface area contributed by atoms with Crippen molar-refractivity contribution in [3.05, 3.63) is 35.9 Å². The summed E-state index contributed by atoms with van der Waals surface area (Å²) in [6.07, 6.45) is 0.921. The van der Waals surface area contributed by atoms with Crippen LogP contribution in [-0.2, 0) is 14.3 Å². The molecule has 114 valence electrons. The maximum absolute atomic E-state index is 12.7. The Balaban J connectivity index is 1.72. The summed E-state index contributed by atoms with van der Waals surface area (Å²) in [5, 5.41) is 3.43. The fourth-order valence-electron chi connectivity index (χ4n) is 2.97. The van der Waals surface area contributed by atoms with Crippen molar-refractivity contribution in [1.29, 1.82) is 0 Å². The monoisotopic (exact) mass is 290 g/mol. The number of benzene rings is 1. The lowest BCUT2D eigenvalue weighted by Gasteiger charge is -2.30. The Hall–Kier alpha value is -1.43.